The van der Waals surface area contributed by atoms with Gasteiger partial charge in [0.25, 0.3) is 0 Å². The molecule has 1 atom stereocenters. The number of carbonyl (C=O) groups excluding carboxylic acids is 1. The molecule has 0 amide bonds. The van der Waals surface area contributed by atoms with Crippen molar-refractivity contribution in [2.45, 2.75) is 51.2 Å². The quantitative estimate of drug-likeness (QED) is 0.461. The summed E-state index contributed by atoms with van der Waals surface area (Å²) in [7, 11) is -3.91. The minimum absolute atomic E-state index is 0.110. The normalized spacial score (nSPS) is 13.9. The number of hydrogen-bond donors (Lipinski definition) is 2. The van der Waals surface area contributed by atoms with Gasteiger partial charge in [0.1, 0.15) is 11.6 Å². The third-order valence-corrected chi connectivity index (χ3v) is 6.96. The Bertz CT molecular complexity index is 1170. The molecule has 3 N–H and O–H groups in total. The van der Waals surface area contributed by atoms with Crippen LogP contribution >= 0.6 is 11.3 Å². The van der Waals surface area contributed by atoms with E-state index in [1.165, 1.54) is 11.3 Å². The topological polar surface area (TPSA) is 98.5 Å². The number of nitrogens with one attached hydrogen (secondary N) is 1. The summed E-state index contributed by atoms with van der Waals surface area (Å²) in [6.07, 6.45) is 0. The van der Waals surface area contributed by atoms with Gasteiger partial charge in [-0.25, -0.2) is 8.42 Å². The zero-order valence-corrected chi connectivity index (χ0v) is 18.8. The van der Waals surface area contributed by atoms with Crippen LogP contribution in [0.3, 0.4) is 0 Å². The molecule has 0 saturated heterocycles. The third kappa shape index (κ3) is 4.71. The highest BCUT2D eigenvalue weighted by Gasteiger charge is 2.32. The molecule has 3 aromatic rings. The second kappa shape index (κ2) is 7.59. The van der Waals surface area contributed by atoms with E-state index < -0.39 is 27.6 Å². The van der Waals surface area contributed by atoms with Crippen LogP contribution in [0.1, 0.15) is 34.6 Å². The van der Waals surface area contributed by atoms with Gasteiger partial charge in [-0.15, -0.1) is 11.3 Å². The zero-order valence-electron chi connectivity index (χ0n) is 17.1. The van der Waals surface area contributed by atoms with Crippen LogP contribution in [0.5, 0.6) is 0 Å². The number of thiophene rings is 1. The lowest BCUT2D eigenvalue weighted by molar-refractivity contribution is -0.158. The molecule has 0 fully saturated rings. The summed E-state index contributed by atoms with van der Waals surface area (Å²) in [6.45, 7) is 8.80. The van der Waals surface area contributed by atoms with E-state index in [0.717, 1.165) is 20.2 Å². The summed E-state index contributed by atoms with van der Waals surface area (Å²) in [5.74, 6) is -0.856. The first kappa shape index (κ1) is 21.5. The van der Waals surface area contributed by atoms with Crippen LogP contribution in [0.4, 0.5) is 5.69 Å². The van der Waals surface area contributed by atoms with E-state index >= 15 is 0 Å². The van der Waals surface area contributed by atoms with Crippen molar-refractivity contribution >= 4 is 53.2 Å². The van der Waals surface area contributed by atoms with Gasteiger partial charge >= 0.3 is 5.97 Å². The van der Waals surface area contributed by atoms with Gasteiger partial charge in [-0.05, 0) is 57.0 Å². The van der Waals surface area contributed by atoms with Gasteiger partial charge < -0.3 is 10.5 Å². The molecule has 29 heavy (non-hydrogen) atoms. The molecule has 0 saturated carbocycles. The number of fused-ring (bicyclic) bond motifs is 3. The Hall–Kier alpha value is -2.16. The van der Waals surface area contributed by atoms with Gasteiger partial charge in [0.05, 0.1) is 4.90 Å². The molecule has 3 rings (SSSR count). The van der Waals surface area contributed by atoms with Gasteiger partial charge in [0.2, 0.25) is 10.0 Å². The summed E-state index contributed by atoms with van der Waals surface area (Å²) < 4.78 is 35.8. The summed E-state index contributed by atoms with van der Waals surface area (Å²) in [6, 6.07) is 9.62. The smallest absolute Gasteiger partial charge is 0.324 e. The number of ether oxygens (including phenoxy) is 1. The van der Waals surface area contributed by atoms with Crippen LogP contribution in [0.25, 0.3) is 20.2 Å². The van der Waals surface area contributed by atoms with Crippen LogP contribution < -0.4 is 10.5 Å². The number of esters is 1. The van der Waals surface area contributed by atoms with Crippen molar-refractivity contribution < 1.29 is 17.9 Å². The first-order valence-electron chi connectivity index (χ1n) is 9.34. The largest absolute Gasteiger partial charge is 0.459 e. The predicted molar refractivity (Wildman–Crippen MR) is 119 cm³/mol. The maximum absolute atomic E-state index is 13.0. The molecule has 0 bridgehead atoms. The molecule has 0 aliphatic rings. The molecule has 0 aliphatic heterocycles. The highest BCUT2D eigenvalue weighted by molar-refractivity contribution is 7.89. The van der Waals surface area contributed by atoms with Crippen LogP contribution in [-0.2, 0) is 19.6 Å². The van der Waals surface area contributed by atoms with Crippen LogP contribution in [0.15, 0.2) is 41.3 Å². The second-order valence-electron chi connectivity index (χ2n) is 8.39. The number of rotatable bonds is 5. The molecule has 1 unspecified atom stereocenters. The standard InChI is InChI=1S/C21H26N2O4S2/c1-12(2)19(20(24)27-21(3,4)5)23-29(25,26)14-7-8-15-16-10-13(22)6-9-17(16)28-18(15)11-14/h6-12,19,23H,22H2,1-5H3. The number of benzene rings is 2. The van der Waals surface area contributed by atoms with Crippen LogP contribution in [0, 0.1) is 5.92 Å². The summed E-state index contributed by atoms with van der Waals surface area (Å²) in [5.41, 5.74) is 5.84. The van der Waals surface area contributed by atoms with Crippen molar-refractivity contribution in [2.24, 2.45) is 5.92 Å². The van der Waals surface area contributed by atoms with E-state index in [1.54, 1.807) is 52.8 Å². The third-order valence-electron chi connectivity index (χ3n) is 4.39. The van der Waals surface area contributed by atoms with E-state index in [4.69, 9.17) is 10.5 Å². The van der Waals surface area contributed by atoms with Gasteiger partial charge in [-0.1, -0.05) is 19.9 Å². The van der Waals surface area contributed by atoms with Crippen molar-refractivity contribution in [3.63, 3.8) is 0 Å². The van der Waals surface area contributed by atoms with Gasteiger partial charge in [0.15, 0.2) is 0 Å². The number of anilines is 1. The van der Waals surface area contributed by atoms with E-state index in [-0.39, 0.29) is 10.8 Å². The molecule has 1 aromatic heterocycles. The molecular weight excluding hydrogens is 408 g/mol. The Morgan fingerprint density at radius 2 is 1.76 bits per heavy atom. The number of nitrogens with two attached hydrogens (primary N) is 1. The first-order chi connectivity index (χ1) is 13.4. The Morgan fingerprint density at radius 1 is 1.07 bits per heavy atom. The molecule has 8 heteroatoms. The summed E-state index contributed by atoms with van der Waals surface area (Å²) in [5, 5.41) is 1.94. The van der Waals surface area contributed by atoms with Crippen molar-refractivity contribution in [3.8, 4) is 0 Å². The molecule has 156 valence electrons. The molecule has 0 spiro atoms. The maximum Gasteiger partial charge on any atom is 0.324 e. The van der Waals surface area contributed by atoms with Crippen molar-refractivity contribution in [2.75, 3.05) is 5.73 Å². The zero-order chi connectivity index (χ0) is 21.6. The fourth-order valence-corrected chi connectivity index (χ4v) is 5.56. The van der Waals surface area contributed by atoms with Crippen LogP contribution in [-0.4, -0.2) is 26.0 Å². The van der Waals surface area contributed by atoms with Gasteiger partial charge in [-0.3, -0.25) is 4.79 Å². The molecule has 0 aliphatic carbocycles. The molecule has 1 heterocycles. The Labute approximate surface area is 175 Å². The Balaban J connectivity index is 1.96. The van der Waals surface area contributed by atoms with Crippen molar-refractivity contribution in [1.82, 2.24) is 4.72 Å². The van der Waals surface area contributed by atoms with E-state index in [2.05, 4.69) is 4.72 Å². The summed E-state index contributed by atoms with van der Waals surface area (Å²) in [4.78, 5) is 12.6. The number of nitrogen functional groups attached to an aromatic ring is 1. The lowest BCUT2D eigenvalue weighted by atomic mass is 10.1. The molecular formula is C21H26N2O4S2. The minimum Gasteiger partial charge on any atom is -0.459 e. The minimum atomic E-state index is -3.91. The van der Waals surface area contributed by atoms with E-state index in [9.17, 15) is 13.2 Å². The lowest BCUT2D eigenvalue weighted by Gasteiger charge is -2.26. The highest BCUT2D eigenvalue weighted by atomic mass is 32.2. The van der Waals surface area contributed by atoms with Gasteiger partial charge in [-0.2, -0.15) is 4.72 Å². The van der Waals surface area contributed by atoms with E-state index in [0.29, 0.717) is 5.69 Å². The average molecular weight is 435 g/mol. The monoisotopic (exact) mass is 434 g/mol. The molecule has 0 radical (unpaired) electrons. The molecule has 6 nitrogen and oxygen atoms in total. The Kier molecular flexibility index (Phi) is 5.64. The maximum atomic E-state index is 13.0. The van der Waals surface area contributed by atoms with E-state index in [1.807, 2.05) is 18.2 Å². The van der Waals surface area contributed by atoms with Crippen LogP contribution in [0.2, 0.25) is 0 Å². The number of carbonyl (C=O) groups is 1. The molecule has 2 aromatic carbocycles. The van der Waals surface area contributed by atoms with Crippen molar-refractivity contribution in [3.05, 3.63) is 36.4 Å². The lowest BCUT2D eigenvalue weighted by Crippen LogP contribution is -2.47. The first-order valence-corrected chi connectivity index (χ1v) is 11.6. The fourth-order valence-electron chi connectivity index (χ4n) is 3.00. The number of hydrogen-bond acceptors (Lipinski definition) is 6. The summed E-state index contributed by atoms with van der Waals surface area (Å²) >= 11 is 1.50. The fraction of sp³-hybridized carbons (Fsp3) is 0.381. The second-order valence-corrected chi connectivity index (χ2v) is 11.2. The van der Waals surface area contributed by atoms with Crippen molar-refractivity contribution in [1.29, 1.82) is 0 Å². The SMILES string of the molecule is CC(C)C(NS(=O)(=O)c1ccc2c(c1)sc1ccc(N)cc12)C(=O)OC(C)(C)C. The number of sulfonamides is 1. The Morgan fingerprint density at radius 3 is 2.38 bits per heavy atom. The average Bonchev–Trinajstić information content (AvgIpc) is 2.95. The van der Waals surface area contributed by atoms with Gasteiger partial charge in [0, 0.05) is 25.9 Å². The highest BCUT2D eigenvalue weighted by Crippen LogP contribution is 2.36. The predicted octanol–water partition coefficient (Wildman–Crippen LogP) is 4.28.